The lowest BCUT2D eigenvalue weighted by atomic mass is 10.1. The zero-order chi connectivity index (χ0) is 18.2. The Labute approximate surface area is 153 Å². The molecule has 25 heavy (non-hydrogen) atoms. The van der Waals surface area contributed by atoms with Crippen molar-refractivity contribution < 1.29 is 4.79 Å². The molecule has 0 bridgehead atoms. The summed E-state index contributed by atoms with van der Waals surface area (Å²) in [5, 5.41) is 6.62. The van der Waals surface area contributed by atoms with E-state index in [2.05, 4.69) is 34.7 Å². The molecule has 0 aliphatic carbocycles. The second-order valence-corrected chi connectivity index (χ2v) is 7.15. The van der Waals surface area contributed by atoms with E-state index < -0.39 is 0 Å². The van der Waals surface area contributed by atoms with Crippen LogP contribution in [0.4, 0.5) is 0 Å². The molecule has 2 aromatic rings. The lowest BCUT2D eigenvalue weighted by Crippen LogP contribution is -2.36. The molecule has 1 amide bonds. The molecule has 2 N–H and O–H groups in total. The van der Waals surface area contributed by atoms with Gasteiger partial charge in [-0.05, 0) is 36.2 Å². The highest BCUT2D eigenvalue weighted by molar-refractivity contribution is 7.11. The second kappa shape index (κ2) is 9.22. The smallest absolute Gasteiger partial charge is 0.253 e. The Kier molecular flexibility index (Phi) is 7.01. The molecule has 1 aromatic heterocycles. The largest absolute Gasteiger partial charge is 0.352 e. The van der Waals surface area contributed by atoms with E-state index in [4.69, 9.17) is 0 Å². The average Bonchev–Trinajstić information content (AvgIpc) is 3.09. The van der Waals surface area contributed by atoms with Crippen molar-refractivity contribution >= 4 is 23.2 Å². The number of hydrogen-bond donors (Lipinski definition) is 2. The molecule has 0 aliphatic rings. The minimum Gasteiger partial charge on any atom is -0.352 e. The van der Waals surface area contributed by atoms with Gasteiger partial charge in [-0.2, -0.15) is 0 Å². The van der Waals surface area contributed by atoms with Crippen LogP contribution in [0.5, 0.6) is 0 Å². The first-order chi connectivity index (χ1) is 12.0. The summed E-state index contributed by atoms with van der Waals surface area (Å²) in [7, 11) is 5.27. The van der Waals surface area contributed by atoms with E-state index >= 15 is 0 Å². The maximum absolute atomic E-state index is 11.9. The summed E-state index contributed by atoms with van der Waals surface area (Å²) in [4.78, 5) is 20.4. The molecule has 0 radical (unpaired) electrons. The van der Waals surface area contributed by atoms with Crippen molar-refractivity contribution in [3.05, 3.63) is 57.3 Å². The molecular formula is C19H26N4OS. The third kappa shape index (κ3) is 5.60. The first-order valence-corrected chi connectivity index (χ1v) is 9.17. The van der Waals surface area contributed by atoms with Crippen molar-refractivity contribution in [2.75, 3.05) is 21.1 Å². The summed E-state index contributed by atoms with van der Waals surface area (Å²) in [5.41, 5.74) is 1.79. The number of aliphatic imine (C=N–C) groups is 1. The Morgan fingerprint density at radius 1 is 1.04 bits per heavy atom. The van der Waals surface area contributed by atoms with E-state index in [0.717, 1.165) is 24.5 Å². The predicted molar refractivity (Wildman–Crippen MR) is 105 cm³/mol. The van der Waals surface area contributed by atoms with Crippen LogP contribution in [0.25, 0.3) is 0 Å². The monoisotopic (exact) mass is 358 g/mol. The van der Waals surface area contributed by atoms with Gasteiger partial charge in [0.2, 0.25) is 0 Å². The molecule has 0 saturated carbocycles. The van der Waals surface area contributed by atoms with E-state index in [0.29, 0.717) is 12.1 Å². The van der Waals surface area contributed by atoms with Crippen molar-refractivity contribution in [3.8, 4) is 0 Å². The van der Waals surface area contributed by atoms with E-state index in [-0.39, 0.29) is 5.91 Å². The van der Waals surface area contributed by atoms with Crippen LogP contribution in [-0.2, 0) is 19.5 Å². The third-order valence-corrected chi connectivity index (χ3v) is 5.02. The summed E-state index contributed by atoms with van der Waals surface area (Å²) < 4.78 is 0. The van der Waals surface area contributed by atoms with Gasteiger partial charge in [0.1, 0.15) is 0 Å². The van der Waals surface area contributed by atoms with Gasteiger partial charge in [-0.25, -0.2) is 0 Å². The average molecular weight is 359 g/mol. The molecule has 0 unspecified atom stereocenters. The first-order valence-electron chi connectivity index (χ1n) is 8.36. The normalized spacial score (nSPS) is 11.3. The predicted octanol–water partition coefficient (Wildman–Crippen LogP) is 2.88. The lowest BCUT2D eigenvalue weighted by Gasteiger charge is -2.13. The van der Waals surface area contributed by atoms with Crippen molar-refractivity contribution in [2.45, 2.75) is 26.4 Å². The van der Waals surface area contributed by atoms with Gasteiger partial charge in [-0.15, -0.1) is 11.3 Å². The molecule has 5 nitrogen and oxygen atoms in total. The highest BCUT2D eigenvalue weighted by Crippen LogP contribution is 2.16. The Morgan fingerprint density at radius 3 is 2.24 bits per heavy atom. The van der Waals surface area contributed by atoms with E-state index in [1.54, 1.807) is 26.0 Å². The fourth-order valence-corrected chi connectivity index (χ4v) is 3.21. The number of aryl methyl sites for hydroxylation is 1. The number of hydrogen-bond acceptors (Lipinski definition) is 3. The molecule has 134 valence electrons. The highest BCUT2D eigenvalue weighted by atomic mass is 32.1. The Bertz CT molecular complexity index is 719. The molecule has 1 heterocycles. The third-order valence-electron chi connectivity index (χ3n) is 3.79. The van der Waals surface area contributed by atoms with Crippen molar-refractivity contribution in [3.63, 3.8) is 0 Å². The molecule has 0 saturated heterocycles. The fraction of sp³-hybridized carbons (Fsp3) is 0.368. The van der Waals surface area contributed by atoms with Gasteiger partial charge in [0.15, 0.2) is 5.96 Å². The number of carbonyl (C=O) groups is 1. The highest BCUT2D eigenvalue weighted by Gasteiger charge is 2.07. The number of carbonyl (C=O) groups excluding carboxylic acids is 1. The van der Waals surface area contributed by atoms with Crippen LogP contribution < -0.4 is 10.6 Å². The molecule has 0 spiro atoms. The lowest BCUT2D eigenvalue weighted by molar-refractivity contribution is 0.0827. The number of guanidine groups is 1. The minimum absolute atomic E-state index is 0.0133. The Hall–Kier alpha value is -2.34. The van der Waals surface area contributed by atoms with Crippen LogP contribution in [0.2, 0.25) is 0 Å². The van der Waals surface area contributed by atoms with E-state index in [1.807, 2.05) is 35.6 Å². The van der Waals surface area contributed by atoms with Gasteiger partial charge in [0, 0.05) is 43.0 Å². The molecule has 6 heteroatoms. The molecule has 0 fully saturated rings. The van der Waals surface area contributed by atoms with Gasteiger partial charge >= 0.3 is 0 Å². The Balaban J connectivity index is 1.84. The molecule has 0 aliphatic heterocycles. The van der Waals surface area contributed by atoms with Crippen LogP contribution in [-0.4, -0.2) is 37.9 Å². The minimum atomic E-state index is 0.0133. The van der Waals surface area contributed by atoms with E-state index in [9.17, 15) is 4.79 Å². The van der Waals surface area contributed by atoms with Crippen LogP contribution >= 0.6 is 11.3 Å². The van der Waals surface area contributed by atoms with Gasteiger partial charge in [0.05, 0.1) is 6.54 Å². The number of nitrogens with one attached hydrogen (secondary N) is 2. The van der Waals surface area contributed by atoms with Crippen LogP contribution in [0.1, 0.15) is 32.6 Å². The summed E-state index contributed by atoms with van der Waals surface area (Å²) in [6, 6.07) is 12.0. The second-order valence-electron chi connectivity index (χ2n) is 5.90. The van der Waals surface area contributed by atoms with Gasteiger partial charge in [-0.3, -0.25) is 9.79 Å². The summed E-state index contributed by atoms with van der Waals surface area (Å²) in [6.07, 6.45) is 1.07. The van der Waals surface area contributed by atoms with Crippen molar-refractivity contribution in [2.24, 2.45) is 4.99 Å². The maximum Gasteiger partial charge on any atom is 0.253 e. The standard InChI is InChI=1S/C19H26N4OS/c1-5-16-10-11-17(25-16)13-22-19(20-2)21-12-14-6-8-15(9-7-14)18(24)23(3)4/h6-11H,5,12-13H2,1-4H3,(H2,20,21,22). The summed E-state index contributed by atoms with van der Waals surface area (Å²) in [5.74, 6) is 0.777. The van der Waals surface area contributed by atoms with Crippen LogP contribution in [0, 0.1) is 0 Å². The van der Waals surface area contributed by atoms with Gasteiger partial charge < -0.3 is 15.5 Å². The van der Waals surface area contributed by atoms with Gasteiger partial charge in [-0.1, -0.05) is 19.1 Å². The molecule has 1 aromatic carbocycles. The Morgan fingerprint density at radius 2 is 1.68 bits per heavy atom. The maximum atomic E-state index is 11.9. The number of rotatable bonds is 6. The van der Waals surface area contributed by atoms with Crippen LogP contribution in [0.3, 0.4) is 0 Å². The number of nitrogens with zero attached hydrogens (tertiary/aromatic N) is 2. The van der Waals surface area contributed by atoms with Gasteiger partial charge in [0.25, 0.3) is 5.91 Å². The quantitative estimate of drug-likeness (QED) is 0.617. The summed E-state index contributed by atoms with van der Waals surface area (Å²) in [6.45, 7) is 3.59. The zero-order valence-corrected chi connectivity index (χ0v) is 16.1. The zero-order valence-electron chi connectivity index (χ0n) is 15.3. The SMILES string of the molecule is CCc1ccc(CNC(=NC)NCc2ccc(C(=O)N(C)C)cc2)s1. The number of thiophene rings is 1. The van der Waals surface area contributed by atoms with E-state index in [1.165, 1.54) is 9.75 Å². The first kappa shape index (κ1) is 19.0. The van der Waals surface area contributed by atoms with Crippen LogP contribution in [0.15, 0.2) is 41.4 Å². The fourth-order valence-electron chi connectivity index (χ4n) is 2.31. The molecule has 2 rings (SSSR count). The van der Waals surface area contributed by atoms with Crippen molar-refractivity contribution in [1.82, 2.24) is 15.5 Å². The summed E-state index contributed by atoms with van der Waals surface area (Å²) >= 11 is 1.83. The topological polar surface area (TPSA) is 56.7 Å². The number of amides is 1. The molecular weight excluding hydrogens is 332 g/mol. The molecule has 0 atom stereocenters. The number of benzene rings is 1. The van der Waals surface area contributed by atoms with Crippen molar-refractivity contribution in [1.29, 1.82) is 0 Å².